The lowest BCUT2D eigenvalue weighted by Gasteiger charge is -2.36. The van der Waals surface area contributed by atoms with Crippen molar-refractivity contribution in [2.75, 3.05) is 32.8 Å². The van der Waals surface area contributed by atoms with Gasteiger partial charge in [0, 0.05) is 19.2 Å². The molecule has 1 saturated heterocycles. The first-order valence-electron chi connectivity index (χ1n) is 7.24. The van der Waals surface area contributed by atoms with Crippen molar-refractivity contribution < 1.29 is 5.11 Å². The summed E-state index contributed by atoms with van der Waals surface area (Å²) >= 11 is 0. The molecule has 1 fully saturated rings. The molecule has 0 radical (unpaired) electrons. The van der Waals surface area contributed by atoms with Crippen LogP contribution in [0.25, 0.3) is 0 Å². The van der Waals surface area contributed by atoms with Crippen molar-refractivity contribution in [1.29, 1.82) is 0 Å². The van der Waals surface area contributed by atoms with E-state index in [9.17, 15) is 0 Å². The zero-order valence-corrected chi connectivity index (χ0v) is 11.8. The van der Waals surface area contributed by atoms with Crippen molar-refractivity contribution in [3.05, 3.63) is 0 Å². The Morgan fingerprint density at radius 3 is 2.47 bits per heavy atom. The van der Waals surface area contributed by atoms with Gasteiger partial charge in [0.05, 0.1) is 0 Å². The van der Waals surface area contributed by atoms with Gasteiger partial charge in [0.15, 0.2) is 0 Å². The molecule has 1 aliphatic heterocycles. The molecule has 0 aromatic carbocycles. The van der Waals surface area contributed by atoms with Gasteiger partial charge in [0.25, 0.3) is 0 Å². The van der Waals surface area contributed by atoms with Crippen LogP contribution in [0, 0.1) is 11.8 Å². The van der Waals surface area contributed by atoms with Gasteiger partial charge >= 0.3 is 0 Å². The maximum Gasteiger partial charge on any atom is 0.0468 e. The summed E-state index contributed by atoms with van der Waals surface area (Å²) in [5.74, 6) is 1.25. The Morgan fingerprint density at radius 1 is 1.29 bits per heavy atom. The highest BCUT2D eigenvalue weighted by molar-refractivity contribution is 4.80. The SMILES string of the molecule is CCCNC(C)C1CCN(CC(C)CO)CC1. The number of aliphatic hydroxyl groups is 1. The van der Waals surface area contributed by atoms with Crippen LogP contribution in [-0.2, 0) is 0 Å². The molecule has 0 spiro atoms. The Hall–Kier alpha value is -0.120. The van der Waals surface area contributed by atoms with E-state index in [2.05, 4.69) is 31.0 Å². The number of piperidine rings is 1. The molecule has 1 rings (SSSR count). The first-order valence-corrected chi connectivity index (χ1v) is 7.24. The summed E-state index contributed by atoms with van der Waals surface area (Å²) in [6.45, 7) is 11.6. The molecule has 0 bridgehead atoms. The second-order valence-electron chi connectivity index (χ2n) is 5.67. The van der Waals surface area contributed by atoms with E-state index in [0.717, 1.165) is 19.0 Å². The molecule has 0 aromatic rings. The van der Waals surface area contributed by atoms with Gasteiger partial charge < -0.3 is 15.3 Å². The molecule has 2 unspecified atom stereocenters. The fourth-order valence-electron chi connectivity index (χ4n) is 2.67. The van der Waals surface area contributed by atoms with Crippen LogP contribution in [0.15, 0.2) is 0 Å². The zero-order chi connectivity index (χ0) is 12.7. The van der Waals surface area contributed by atoms with Gasteiger partial charge in [-0.25, -0.2) is 0 Å². The van der Waals surface area contributed by atoms with Crippen LogP contribution in [0.3, 0.4) is 0 Å². The highest BCUT2D eigenvalue weighted by Gasteiger charge is 2.23. The maximum absolute atomic E-state index is 9.07. The summed E-state index contributed by atoms with van der Waals surface area (Å²) in [4.78, 5) is 2.50. The average Bonchev–Trinajstić information content (AvgIpc) is 2.36. The van der Waals surface area contributed by atoms with E-state index in [1.807, 2.05) is 0 Å². The number of aliphatic hydroxyl groups excluding tert-OH is 1. The molecular weight excluding hydrogens is 212 g/mol. The Labute approximate surface area is 107 Å². The van der Waals surface area contributed by atoms with Gasteiger partial charge in [-0.1, -0.05) is 13.8 Å². The third kappa shape index (κ3) is 5.36. The lowest BCUT2D eigenvalue weighted by molar-refractivity contribution is 0.124. The predicted octanol–water partition coefficient (Wildman–Crippen LogP) is 1.71. The highest BCUT2D eigenvalue weighted by Crippen LogP contribution is 2.21. The van der Waals surface area contributed by atoms with Crippen LogP contribution in [0.4, 0.5) is 0 Å². The summed E-state index contributed by atoms with van der Waals surface area (Å²) in [5, 5.41) is 12.7. The van der Waals surface area contributed by atoms with E-state index in [4.69, 9.17) is 5.11 Å². The molecule has 0 aromatic heterocycles. The topological polar surface area (TPSA) is 35.5 Å². The lowest BCUT2D eigenvalue weighted by Crippen LogP contribution is -2.43. The number of hydrogen-bond donors (Lipinski definition) is 2. The van der Waals surface area contributed by atoms with E-state index in [1.54, 1.807) is 0 Å². The summed E-state index contributed by atoms with van der Waals surface area (Å²) in [7, 11) is 0. The molecule has 3 heteroatoms. The van der Waals surface area contributed by atoms with E-state index in [1.165, 1.54) is 32.4 Å². The number of likely N-dealkylation sites (tertiary alicyclic amines) is 1. The molecule has 1 aliphatic rings. The van der Waals surface area contributed by atoms with Crippen molar-refractivity contribution in [1.82, 2.24) is 10.2 Å². The molecule has 102 valence electrons. The van der Waals surface area contributed by atoms with Crippen molar-refractivity contribution in [3.63, 3.8) is 0 Å². The largest absolute Gasteiger partial charge is 0.396 e. The van der Waals surface area contributed by atoms with E-state index in [-0.39, 0.29) is 0 Å². The first kappa shape index (κ1) is 14.9. The molecule has 0 aliphatic carbocycles. The minimum atomic E-state index is 0.314. The van der Waals surface area contributed by atoms with Crippen molar-refractivity contribution >= 4 is 0 Å². The molecule has 3 nitrogen and oxygen atoms in total. The third-order valence-electron chi connectivity index (χ3n) is 3.94. The van der Waals surface area contributed by atoms with Crippen LogP contribution in [0.2, 0.25) is 0 Å². The van der Waals surface area contributed by atoms with Gasteiger partial charge in [-0.05, 0) is 57.7 Å². The van der Waals surface area contributed by atoms with Crippen LogP contribution < -0.4 is 5.32 Å². The monoisotopic (exact) mass is 242 g/mol. The fraction of sp³-hybridized carbons (Fsp3) is 1.00. The van der Waals surface area contributed by atoms with Crippen molar-refractivity contribution in [2.45, 2.75) is 46.1 Å². The Bertz CT molecular complexity index is 191. The fourth-order valence-corrected chi connectivity index (χ4v) is 2.67. The lowest BCUT2D eigenvalue weighted by atomic mass is 9.90. The number of hydrogen-bond acceptors (Lipinski definition) is 3. The summed E-state index contributed by atoms with van der Waals surface area (Å²) < 4.78 is 0. The van der Waals surface area contributed by atoms with Crippen LogP contribution in [0.5, 0.6) is 0 Å². The number of nitrogens with zero attached hydrogens (tertiary/aromatic N) is 1. The molecule has 0 saturated carbocycles. The van der Waals surface area contributed by atoms with Crippen molar-refractivity contribution in [2.24, 2.45) is 11.8 Å². The number of nitrogens with one attached hydrogen (secondary N) is 1. The van der Waals surface area contributed by atoms with Crippen LogP contribution in [-0.4, -0.2) is 48.8 Å². The standard InChI is InChI=1S/C14H30N2O/c1-4-7-15-13(3)14-5-8-16(9-6-14)10-12(2)11-17/h12-15,17H,4-11H2,1-3H3. The summed E-state index contributed by atoms with van der Waals surface area (Å²) in [6, 6.07) is 0.660. The third-order valence-corrected chi connectivity index (χ3v) is 3.94. The Kier molecular flexibility index (Phi) is 7.09. The van der Waals surface area contributed by atoms with Gasteiger partial charge in [0.1, 0.15) is 0 Å². The molecule has 1 heterocycles. The van der Waals surface area contributed by atoms with E-state index in [0.29, 0.717) is 18.6 Å². The average molecular weight is 242 g/mol. The molecule has 2 atom stereocenters. The van der Waals surface area contributed by atoms with Crippen LogP contribution in [0.1, 0.15) is 40.0 Å². The molecular formula is C14H30N2O. The van der Waals surface area contributed by atoms with Crippen molar-refractivity contribution in [3.8, 4) is 0 Å². The van der Waals surface area contributed by atoms with Gasteiger partial charge in [-0.2, -0.15) is 0 Å². The predicted molar refractivity (Wildman–Crippen MR) is 73.2 cm³/mol. The highest BCUT2D eigenvalue weighted by atomic mass is 16.3. The van der Waals surface area contributed by atoms with E-state index < -0.39 is 0 Å². The zero-order valence-electron chi connectivity index (χ0n) is 11.8. The quantitative estimate of drug-likeness (QED) is 0.713. The number of rotatable bonds is 7. The minimum Gasteiger partial charge on any atom is -0.396 e. The maximum atomic E-state index is 9.07. The summed E-state index contributed by atoms with van der Waals surface area (Å²) in [5.41, 5.74) is 0. The molecule has 2 N–H and O–H groups in total. The Balaban J connectivity index is 2.20. The van der Waals surface area contributed by atoms with E-state index >= 15 is 0 Å². The second-order valence-corrected chi connectivity index (χ2v) is 5.67. The normalized spacial score (nSPS) is 22.6. The second kappa shape index (κ2) is 8.06. The van der Waals surface area contributed by atoms with Gasteiger partial charge in [-0.3, -0.25) is 0 Å². The molecule has 0 amide bonds. The smallest absolute Gasteiger partial charge is 0.0468 e. The summed E-state index contributed by atoms with van der Waals surface area (Å²) in [6.07, 6.45) is 3.82. The first-order chi connectivity index (χ1) is 8.17. The Morgan fingerprint density at radius 2 is 1.94 bits per heavy atom. The van der Waals surface area contributed by atoms with Gasteiger partial charge in [-0.15, -0.1) is 0 Å². The van der Waals surface area contributed by atoms with Gasteiger partial charge in [0.2, 0.25) is 0 Å². The minimum absolute atomic E-state index is 0.314. The van der Waals surface area contributed by atoms with Crippen LogP contribution >= 0.6 is 0 Å². The molecule has 17 heavy (non-hydrogen) atoms.